The van der Waals surface area contributed by atoms with E-state index < -0.39 is 5.41 Å². The first-order valence-corrected chi connectivity index (χ1v) is 20.7. The summed E-state index contributed by atoms with van der Waals surface area (Å²) in [5, 5.41) is 10.0. The number of para-hydroxylation sites is 2. The van der Waals surface area contributed by atoms with Gasteiger partial charge < -0.3 is 10.1 Å². The number of hydrogen-bond donors (Lipinski definition) is 2. The smallest absolute Gasteiger partial charge is 0.132 e. The second-order valence-electron chi connectivity index (χ2n) is 15.9. The van der Waals surface area contributed by atoms with E-state index in [1.54, 1.807) is 0 Å². The molecule has 2 unspecified atom stereocenters. The largest absolute Gasteiger partial charge is 0.457 e. The SMILES string of the molecule is c1ccc(C2N=C(c3cccc(-c4cccc(-c5cccc6c5-c5ccccc5C65c6ccccc6Oc6ccccc65)c4)c3)NC(c3cccc4ccccc34)N2)cc1. The summed E-state index contributed by atoms with van der Waals surface area (Å²) in [7, 11) is 0. The molecular formula is C56H39N3O. The maximum Gasteiger partial charge on any atom is 0.132 e. The van der Waals surface area contributed by atoms with E-state index in [9.17, 15) is 0 Å². The molecule has 2 heterocycles. The van der Waals surface area contributed by atoms with E-state index in [-0.39, 0.29) is 12.3 Å². The standard InChI is InChI=1S/C56H39N3O/c1-2-17-37(18-3-1)53-57-54(59-55(58-53)44-27-14-19-36-16-4-5-24-42(36)44)41-23-13-21-39(35-41)38-20-12-22-40(34-38)43-26-15-31-49-52(43)45-25-6-7-28-46(45)56(49)47-29-8-10-32-50(47)60-51-33-11-9-30-48(51)56/h1-35,53,55,58H,(H,57,59). The van der Waals surface area contributed by atoms with Crippen LogP contribution in [0.1, 0.15) is 51.3 Å². The Bertz CT molecular complexity index is 3120. The van der Waals surface area contributed by atoms with Gasteiger partial charge in [-0.15, -0.1) is 0 Å². The number of benzene rings is 9. The van der Waals surface area contributed by atoms with E-state index in [1.807, 2.05) is 0 Å². The Labute approximate surface area is 349 Å². The number of nitrogens with one attached hydrogen (secondary N) is 2. The Morgan fingerprint density at radius 2 is 1.02 bits per heavy atom. The lowest BCUT2D eigenvalue weighted by Crippen LogP contribution is -2.45. The van der Waals surface area contributed by atoms with Crippen molar-refractivity contribution in [2.45, 2.75) is 17.7 Å². The molecule has 4 nitrogen and oxygen atoms in total. The fourth-order valence-corrected chi connectivity index (χ4v) is 10.0. The molecule has 0 saturated carbocycles. The van der Waals surface area contributed by atoms with E-state index in [2.05, 4.69) is 223 Å². The van der Waals surface area contributed by atoms with Gasteiger partial charge in [-0.05, 0) is 90.7 Å². The number of hydrogen-bond acceptors (Lipinski definition) is 4. The van der Waals surface area contributed by atoms with Gasteiger partial charge in [0.2, 0.25) is 0 Å². The van der Waals surface area contributed by atoms with Crippen LogP contribution < -0.4 is 15.4 Å². The van der Waals surface area contributed by atoms with Crippen molar-refractivity contribution in [2.75, 3.05) is 0 Å². The molecule has 0 radical (unpaired) electrons. The molecule has 284 valence electrons. The van der Waals surface area contributed by atoms with Crippen LogP contribution in [0.2, 0.25) is 0 Å². The van der Waals surface area contributed by atoms with Crippen LogP contribution in [0, 0.1) is 0 Å². The summed E-state index contributed by atoms with van der Waals surface area (Å²) in [5.74, 6) is 2.66. The van der Waals surface area contributed by atoms with Crippen molar-refractivity contribution in [1.29, 1.82) is 0 Å². The summed E-state index contributed by atoms with van der Waals surface area (Å²) < 4.78 is 6.58. The van der Waals surface area contributed by atoms with Crippen molar-refractivity contribution in [3.05, 3.63) is 251 Å². The van der Waals surface area contributed by atoms with Crippen LogP contribution in [0.3, 0.4) is 0 Å². The quantitative estimate of drug-likeness (QED) is 0.183. The molecule has 0 amide bonds. The molecule has 2 aliphatic heterocycles. The topological polar surface area (TPSA) is 45.6 Å². The van der Waals surface area contributed by atoms with Crippen LogP contribution in [0.15, 0.2) is 217 Å². The Kier molecular flexibility index (Phi) is 7.94. The van der Waals surface area contributed by atoms with Crippen molar-refractivity contribution < 1.29 is 4.74 Å². The van der Waals surface area contributed by atoms with Gasteiger partial charge in [-0.3, -0.25) is 5.32 Å². The number of ether oxygens (including phenoxy) is 1. The molecule has 0 aromatic heterocycles. The van der Waals surface area contributed by atoms with Crippen molar-refractivity contribution in [2.24, 2.45) is 4.99 Å². The fourth-order valence-electron chi connectivity index (χ4n) is 10.0. The van der Waals surface area contributed by atoms with Crippen LogP contribution in [0.4, 0.5) is 0 Å². The Morgan fingerprint density at radius 3 is 1.82 bits per heavy atom. The molecule has 0 saturated heterocycles. The Balaban J connectivity index is 0.966. The maximum absolute atomic E-state index is 6.58. The van der Waals surface area contributed by atoms with Crippen LogP contribution in [0.25, 0.3) is 44.2 Å². The summed E-state index contributed by atoms with van der Waals surface area (Å²) in [6, 6.07) is 76.3. The van der Waals surface area contributed by atoms with E-state index in [0.717, 1.165) is 39.6 Å². The molecular weight excluding hydrogens is 731 g/mol. The molecule has 9 aromatic rings. The third kappa shape index (κ3) is 5.31. The van der Waals surface area contributed by atoms with Gasteiger partial charge in [-0.2, -0.15) is 0 Å². The van der Waals surface area contributed by atoms with Gasteiger partial charge in [0.25, 0.3) is 0 Å². The first-order chi connectivity index (χ1) is 29.7. The zero-order chi connectivity index (χ0) is 39.6. The van der Waals surface area contributed by atoms with E-state index in [1.165, 1.54) is 60.8 Å². The van der Waals surface area contributed by atoms with E-state index in [4.69, 9.17) is 9.73 Å². The van der Waals surface area contributed by atoms with Gasteiger partial charge >= 0.3 is 0 Å². The maximum atomic E-state index is 6.58. The van der Waals surface area contributed by atoms with Gasteiger partial charge in [0.1, 0.15) is 29.7 Å². The lowest BCUT2D eigenvalue weighted by Gasteiger charge is -2.39. The average molecular weight is 770 g/mol. The highest BCUT2D eigenvalue weighted by atomic mass is 16.5. The highest BCUT2D eigenvalue weighted by molar-refractivity contribution is 6.01. The molecule has 2 N–H and O–H groups in total. The third-order valence-electron chi connectivity index (χ3n) is 12.6. The minimum absolute atomic E-state index is 0.151. The summed E-state index contributed by atoms with van der Waals surface area (Å²) in [5.41, 5.74) is 14.9. The zero-order valence-electron chi connectivity index (χ0n) is 32.7. The predicted octanol–water partition coefficient (Wildman–Crippen LogP) is 13.0. The number of rotatable bonds is 5. The first kappa shape index (κ1) is 34.5. The van der Waals surface area contributed by atoms with Crippen molar-refractivity contribution in [3.63, 3.8) is 0 Å². The lowest BCUT2D eigenvalue weighted by atomic mass is 9.66. The lowest BCUT2D eigenvalue weighted by molar-refractivity contribution is 0.411. The van der Waals surface area contributed by atoms with Crippen molar-refractivity contribution >= 4 is 16.6 Å². The molecule has 1 spiro atoms. The summed E-state index contributed by atoms with van der Waals surface area (Å²) in [6.45, 7) is 0. The van der Waals surface area contributed by atoms with Crippen LogP contribution >= 0.6 is 0 Å². The molecule has 2 atom stereocenters. The minimum atomic E-state index is -0.511. The van der Waals surface area contributed by atoms with Gasteiger partial charge in [0.05, 0.1) is 5.41 Å². The van der Waals surface area contributed by atoms with E-state index in [0.29, 0.717) is 0 Å². The average Bonchev–Trinajstić information content (AvgIpc) is 3.62. The van der Waals surface area contributed by atoms with Crippen molar-refractivity contribution in [3.8, 4) is 44.9 Å². The second-order valence-corrected chi connectivity index (χ2v) is 15.9. The number of fused-ring (bicyclic) bond motifs is 10. The molecule has 0 bridgehead atoms. The molecule has 12 rings (SSSR count). The van der Waals surface area contributed by atoms with Crippen molar-refractivity contribution in [1.82, 2.24) is 10.6 Å². The molecule has 4 heteroatoms. The van der Waals surface area contributed by atoms with Gasteiger partial charge in [0.15, 0.2) is 0 Å². The van der Waals surface area contributed by atoms with Crippen LogP contribution in [-0.2, 0) is 5.41 Å². The Hall–Kier alpha value is -7.53. The third-order valence-corrected chi connectivity index (χ3v) is 12.6. The number of aliphatic imine (C=N–C) groups is 1. The normalized spacial score (nSPS) is 16.8. The molecule has 1 aliphatic carbocycles. The minimum Gasteiger partial charge on any atom is -0.457 e. The molecule has 60 heavy (non-hydrogen) atoms. The van der Waals surface area contributed by atoms with Gasteiger partial charge in [0, 0.05) is 16.7 Å². The zero-order valence-corrected chi connectivity index (χ0v) is 32.7. The summed E-state index contributed by atoms with van der Waals surface area (Å²) in [4.78, 5) is 5.30. The molecule has 9 aromatic carbocycles. The molecule has 3 aliphatic rings. The monoisotopic (exact) mass is 769 g/mol. The van der Waals surface area contributed by atoms with E-state index >= 15 is 0 Å². The summed E-state index contributed by atoms with van der Waals surface area (Å²) in [6.07, 6.45) is -0.374. The number of nitrogens with zero attached hydrogens (tertiary/aromatic N) is 1. The predicted molar refractivity (Wildman–Crippen MR) is 243 cm³/mol. The highest BCUT2D eigenvalue weighted by Crippen LogP contribution is 2.63. The Morgan fingerprint density at radius 1 is 0.450 bits per heavy atom. The molecule has 0 fully saturated rings. The first-order valence-electron chi connectivity index (χ1n) is 20.7. The van der Waals surface area contributed by atoms with Crippen LogP contribution in [-0.4, -0.2) is 5.84 Å². The number of amidine groups is 1. The van der Waals surface area contributed by atoms with Crippen LogP contribution in [0.5, 0.6) is 11.5 Å². The highest BCUT2D eigenvalue weighted by Gasteiger charge is 2.51. The van der Waals surface area contributed by atoms with Gasteiger partial charge in [-0.25, -0.2) is 4.99 Å². The van der Waals surface area contributed by atoms with Gasteiger partial charge in [-0.1, -0.05) is 188 Å². The second kappa shape index (κ2) is 13.8. The summed E-state index contributed by atoms with van der Waals surface area (Å²) >= 11 is 0. The fraction of sp³-hybridized carbons (Fsp3) is 0.0536.